The van der Waals surface area contributed by atoms with E-state index in [4.69, 9.17) is 16.3 Å². The first-order valence-electron chi connectivity index (χ1n) is 4.76. The molecular weight excluding hydrogens is 206 g/mol. The van der Waals surface area contributed by atoms with Gasteiger partial charge in [-0.1, -0.05) is 0 Å². The van der Waals surface area contributed by atoms with Gasteiger partial charge in [-0.25, -0.2) is 4.79 Å². The Morgan fingerprint density at radius 2 is 2.36 bits per heavy atom. The number of alkyl halides is 1. The Morgan fingerprint density at radius 3 is 3.07 bits per heavy atom. The third-order valence-electron chi connectivity index (χ3n) is 2.94. The first kappa shape index (κ1) is 9.77. The second kappa shape index (κ2) is 3.77. The summed E-state index contributed by atoms with van der Waals surface area (Å²) in [4.78, 5) is 22.3. The van der Waals surface area contributed by atoms with Crippen molar-refractivity contribution < 1.29 is 14.3 Å². The normalized spacial score (nSPS) is 35.8. The molecule has 1 saturated carbocycles. The Labute approximate surface area is 86.9 Å². The predicted octanol–water partition coefficient (Wildman–Crippen LogP) is 1.07. The smallest absolute Gasteiger partial charge is 0.407 e. The van der Waals surface area contributed by atoms with E-state index in [0.29, 0.717) is 6.42 Å². The van der Waals surface area contributed by atoms with E-state index in [2.05, 4.69) is 5.32 Å². The molecule has 4 nitrogen and oxygen atoms in total. The van der Waals surface area contributed by atoms with E-state index >= 15 is 0 Å². The van der Waals surface area contributed by atoms with E-state index in [0.717, 1.165) is 12.8 Å². The Balaban J connectivity index is 1.97. The summed E-state index contributed by atoms with van der Waals surface area (Å²) in [5.41, 5.74) is 0. The molecule has 1 aliphatic carbocycles. The molecule has 2 aliphatic rings. The maximum Gasteiger partial charge on any atom is 0.407 e. The fraction of sp³-hybridized carbons (Fsp3) is 0.778. The van der Waals surface area contributed by atoms with Gasteiger partial charge in [-0.3, -0.25) is 4.79 Å². The first-order chi connectivity index (χ1) is 6.70. The van der Waals surface area contributed by atoms with Gasteiger partial charge in [0.15, 0.2) is 5.78 Å². The number of halogens is 1. The minimum atomic E-state index is -0.362. The van der Waals surface area contributed by atoms with Crippen LogP contribution in [0.15, 0.2) is 0 Å². The van der Waals surface area contributed by atoms with Gasteiger partial charge in [-0.05, 0) is 19.3 Å². The van der Waals surface area contributed by atoms with Crippen molar-refractivity contribution >= 4 is 23.5 Å². The third-order valence-corrected chi connectivity index (χ3v) is 3.20. The van der Waals surface area contributed by atoms with Gasteiger partial charge in [0.2, 0.25) is 0 Å². The molecule has 5 heteroatoms. The molecule has 14 heavy (non-hydrogen) atoms. The van der Waals surface area contributed by atoms with Crippen molar-refractivity contribution in [3.8, 4) is 0 Å². The minimum absolute atomic E-state index is 0.0264. The summed E-state index contributed by atoms with van der Waals surface area (Å²) >= 11 is 5.48. The van der Waals surface area contributed by atoms with Crippen LogP contribution in [0.1, 0.15) is 19.3 Å². The quantitative estimate of drug-likeness (QED) is 0.704. The van der Waals surface area contributed by atoms with Crippen molar-refractivity contribution in [1.29, 1.82) is 0 Å². The molecule has 0 aromatic heterocycles. The van der Waals surface area contributed by atoms with Gasteiger partial charge in [-0.15, -0.1) is 11.6 Å². The molecule has 0 bridgehead atoms. The number of Topliss-reactive ketones (excluding diaryl/α,β-unsaturated/α-hetero) is 1. The summed E-state index contributed by atoms with van der Waals surface area (Å²) in [6, 6.07) is 0.0990. The number of fused-ring (bicyclic) bond motifs is 1. The molecule has 3 unspecified atom stereocenters. The zero-order chi connectivity index (χ0) is 10.1. The predicted molar refractivity (Wildman–Crippen MR) is 50.3 cm³/mol. The number of rotatable bonds is 2. The summed E-state index contributed by atoms with van der Waals surface area (Å²) in [6.07, 6.45) is 1.74. The van der Waals surface area contributed by atoms with Crippen LogP contribution in [-0.4, -0.2) is 29.9 Å². The number of carbonyl (C=O) groups excluding carboxylic acids is 2. The van der Waals surface area contributed by atoms with Crippen molar-refractivity contribution in [3.05, 3.63) is 0 Å². The number of ketones is 1. The van der Waals surface area contributed by atoms with Crippen LogP contribution >= 0.6 is 11.6 Å². The molecule has 2 fully saturated rings. The highest BCUT2D eigenvalue weighted by atomic mass is 35.5. The highest BCUT2D eigenvalue weighted by Gasteiger charge is 2.40. The van der Waals surface area contributed by atoms with E-state index in [1.807, 2.05) is 0 Å². The lowest BCUT2D eigenvalue weighted by molar-refractivity contribution is -0.122. The third kappa shape index (κ3) is 1.71. The van der Waals surface area contributed by atoms with Crippen molar-refractivity contribution in [2.24, 2.45) is 5.92 Å². The largest absolute Gasteiger partial charge is 0.444 e. The fourth-order valence-corrected chi connectivity index (χ4v) is 2.37. The summed E-state index contributed by atoms with van der Waals surface area (Å²) in [5.74, 6) is 0.0955. The van der Waals surface area contributed by atoms with Crippen LogP contribution in [-0.2, 0) is 9.53 Å². The molecule has 78 valence electrons. The zero-order valence-electron chi connectivity index (χ0n) is 7.66. The molecule has 0 aromatic rings. The fourth-order valence-electron chi connectivity index (χ4n) is 2.15. The van der Waals surface area contributed by atoms with E-state index in [1.165, 1.54) is 0 Å². The van der Waals surface area contributed by atoms with Gasteiger partial charge in [0, 0.05) is 5.92 Å². The van der Waals surface area contributed by atoms with Gasteiger partial charge < -0.3 is 10.1 Å². The molecule has 3 atom stereocenters. The average Bonchev–Trinajstić information content (AvgIpc) is 2.55. The van der Waals surface area contributed by atoms with Crippen LogP contribution in [0.25, 0.3) is 0 Å². The van der Waals surface area contributed by atoms with Crippen LogP contribution in [0, 0.1) is 5.92 Å². The van der Waals surface area contributed by atoms with E-state index in [1.54, 1.807) is 0 Å². The lowest BCUT2D eigenvalue weighted by Gasteiger charge is -2.27. The standard InChI is InChI=1S/C9H12ClNO3/c10-4-7(12)5-1-2-6-8(3-5)14-9(13)11-6/h5-6,8H,1-4H2,(H,11,13). The van der Waals surface area contributed by atoms with Crippen LogP contribution in [0.3, 0.4) is 0 Å². The second-order valence-corrected chi connectivity index (χ2v) is 4.07. The molecule has 1 heterocycles. The van der Waals surface area contributed by atoms with Crippen LogP contribution in [0.4, 0.5) is 4.79 Å². The Kier molecular flexibility index (Phi) is 2.63. The summed E-state index contributed by atoms with van der Waals surface area (Å²) < 4.78 is 5.04. The maximum absolute atomic E-state index is 11.3. The first-order valence-corrected chi connectivity index (χ1v) is 5.30. The minimum Gasteiger partial charge on any atom is -0.444 e. The highest BCUT2D eigenvalue weighted by molar-refractivity contribution is 6.27. The molecule has 0 radical (unpaired) electrons. The molecule has 1 N–H and O–H groups in total. The molecular formula is C9H12ClNO3. The number of amides is 1. The lowest BCUT2D eigenvalue weighted by atomic mass is 9.82. The Hall–Kier alpha value is -0.770. The zero-order valence-corrected chi connectivity index (χ0v) is 8.42. The number of ether oxygens (including phenoxy) is 1. The van der Waals surface area contributed by atoms with Gasteiger partial charge in [0.1, 0.15) is 6.10 Å². The van der Waals surface area contributed by atoms with Gasteiger partial charge >= 0.3 is 6.09 Å². The number of hydrogen-bond donors (Lipinski definition) is 1. The van der Waals surface area contributed by atoms with E-state index in [9.17, 15) is 9.59 Å². The number of alkyl carbamates (subject to hydrolysis) is 1. The summed E-state index contributed by atoms with van der Waals surface area (Å²) in [5, 5.41) is 2.73. The highest BCUT2D eigenvalue weighted by Crippen LogP contribution is 2.30. The van der Waals surface area contributed by atoms with Crippen molar-refractivity contribution in [3.63, 3.8) is 0 Å². The SMILES string of the molecule is O=C1NC2CCC(C(=O)CCl)CC2O1. The second-order valence-electron chi connectivity index (χ2n) is 3.80. The Morgan fingerprint density at radius 1 is 1.57 bits per heavy atom. The molecule has 2 rings (SSSR count). The van der Waals surface area contributed by atoms with Crippen LogP contribution in [0.5, 0.6) is 0 Å². The van der Waals surface area contributed by atoms with Gasteiger partial charge in [0.25, 0.3) is 0 Å². The van der Waals surface area contributed by atoms with E-state index in [-0.39, 0.29) is 35.8 Å². The monoisotopic (exact) mass is 217 g/mol. The topological polar surface area (TPSA) is 55.4 Å². The summed E-state index contributed by atoms with van der Waals surface area (Å²) in [7, 11) is 0. The molecule has 1 aliphatic heterocycles. The molecule has 1 saturated heterocycles. The maximum atomic E-state index is 11.3. The van der Waals surface area contributed by atoms with Gasteiger partial charge in [0.05, 0.1) is 11.9 Å². The van der Waals surface area contributed by atoms with Crippen molar-refractivity contribution in [2.45, 2.75) is 31.4 Å². The van der Waals surface area contributed by atoms with Crippen molar-refractivity contribution in [2.75, 3.05) is 5.88 Å². The van der Waals surface area contributed by atoms with Crippen molar-refractivity contribution in [1.82, 2.24) is 5.32 Å². The number of carbonyl (C=O) groups is 2. The average molecular weight is 218 g/mol. The molecule has 0 spiro atoms. The number of nitrogens with one attached hydrogen (secondary N) is 1. The summed E-state index contributed by atoms with van der Waals surface area (Å²) in [6.45, 7) is 0. The van der Waals surface area contributed by atoms with Gasteiger partial charge in [-0.2, -0.15) is 0 Å². The Bertz CT molecular complexity index is 269. The molecule has 1 amide bonds. The van der Waals surface area contributed by atoms with Crippen LogP contribution in [0.2, 0.25) is 0 Å². The molecule has 0 aromatic carbocycles. The van der Waals surface area contributed by atoms with Crippen LogP contribution < -0.4 is 5.32 Å². The lowest BCUT2D eigenvalue weighted by Crippen LogP contribution is -2.39. The van der Waals surface area contributed by atoms with E-state index < -0.39 is 0 Å². The number of hydrogen-bond acceptors (Lipinski definition) is 3.